The molecule has 0 N–H and O–H groups in total. The van der Waals surface area contributed by atoms with E-state index in [0.29, 0.717) is 11.2 Å². The quantitative estimate of drug-likeness (QED) is 0.481. The topological polar surface area (TPSA) is 0 Å². The molecule has 0 aliphatic heterocycles. The highest BCUT2D eigenvalue weighted by atomic mass is 32.2. The van der Waals surface area contributed by atoms with Crippen LogP contribution < -0.4 is 0 Å². The first-order chi connectivity index (χ1) is 14.1. The van der Waals surface area contributed by atoms with Crippen LogP contribution in [0.5, 0.6) is 0 Å². The summed E-state index contributed by atoms with van der Waals surface area (Å²) in [5, 5.41) is 0.471. The van der Waals surface area contributed by atoms with Crippen LogP contribution in [0.2, 0.25) is 0 Å². The minimum absolute atomic E-state index is 0.171. The summed E-state index contributed by atoms with van der Waals surface area (Å²) in [5.41, 5.74) is 9.21. The molecule has 158 valence electrons. The number of benzene rings is 2. The Morgan fingerprint density at radius 3 is 2.17 bits per heavy atom. The standard InChI is InChI=1S/C29H36S/c1-8-9-19-10-13-22(14-11-19)30-27-25-17-21(29(5,6)7)18-26(27)24-16-20(28(2,3)4)12-15-23(24)25/h10-18,25,27H,8-9H2,1-7H3. The van der Waals surface area contributed by atoms with Crippen molar-refractivity contribution in [3.8, 4) is 0 Å². The van der Waals surface area contributed by atoms with Crippen molar-refractivity contribution in [1.82, 2.24) is 0 Å². The van der Waals surface area contributed by atoms with Crippen molar-refractivity contribution < 1.29 is 0 Å². The maximum atomic E-state index is 2.55. The van der Waals surface area contributed by atoms with Crippen LogP contribution in [0.15, 0.2) is 65.1 Å². The van der Waals surface area contributed by atoms with Gasteiger partial charge in [0, 0.05) is 16.1 Å². The molecule has 0 heterocycles. The number of rotatable bonds is 4. The van der Waals surface area contributed by atoms with Gasteiger partial charge >= 0.3 is 0 Å². The molecule has 0 fully saturated rings. The first-order valence-electron chi connectivity index (χ1n) is 11.4. The highest BCUT2D eigenvalue weighted by Crippen LogP contribution is 2.55. The van der Waals surface area contributed by atoms with Gasteiger partial charge in [-0.2, -0.15) is 0 Å². The lowest BCUT2D eigenvalue weighted by Gasteiger charge is -2.29. The predicted octanol–water partition coefficient (Wildman–Crippen LogP) is 8.56. The van der Waals surface area contributed by atoms with Gasteiger partial charge in [0.05, 0.1) is 0 Å². The zero-order valence-electron chi connectivity index (χ0n) is 19.7. The fourth-order valence-electron chi connectivity index (χ4n) is 4.59. The van der Waals surface area contributed by atoms with Crippen molar-refractivity contribution in [2.45, 2.75) is 82.8 Å². The summed E-state index contributed by atoms with van der Waals surface area (Å²) in [6.45, 7) is 16.2. The molecule has 2 bridgehead atoms. The molecular formula is C29H36S. The van der Waals surface area contributed by atoms with Crippen molar-refractivity contribution in [2.24, 2.45) is 5.41 Å². The largest absolute Gasteiger partial charge is 0.117 e. The lowest BCUT2D eigenvalue weighted by Crippen LogP contribution is -2.17. The number of allylic oxidation sites excluding steroid dienone is 3. The van der Waals surface area contributed by atoms with Crippen molar-refractivity contribution in [2.75, 3.05) is 0 Å². The summed E-state index contributed by atoms with van der Waals surface area (Å²) in [7, 11) is 0. The van der Waals surface area contributed by atoms with Gasteiger partial charge < -0.3 is 0 Å². The van der Waals surface area contributed by atoms with Crippen LogP contribution in [0.3, 0.4) is 0 Å². The molecule has 0 saturated carbocycles. The van der Waals surface area contributed by atoms with E-state index in [2.05, 4.69) is 103 Å². The number of thioether (sulfide) groups is 1. The second-order valence-electron chi connectivity index (χ2n) is 11.0. The Hall–Kier alpha value is -1.73. The third kappa shape index (κ3) is 4.06. The van der Waals surface area contributed by atoms with Gasteiger partial charge in [-0.3, -0.25) is 0 Å². The molecule has 30 heavy (non-hydrogen) atoms. The van der Waals surface area contributed by atoms with Gasteiger partial charge in [0.25, 0.3) is 0 Å². The molecular weight excluding hydrogens is 380 g/mol. The zero-order chi connectivity index (χ0) is 21.7. The summed E-state index contributed by atoms with van der Waals surface area (Å²) in [4.78, 5) is 1.38. The van der Waals surface area contributed by atoms with Gasteiger partial charge in [0.2, 0.25) is 0 Å². The van der Waals surface area contributed by atoms with Crippen LogP contribution in [0.4, 0.5) is 0 Å². The Bertz CT molecular complexity index is 990. The average Bonchev–Trinajstić information content (AvgIpc) is 2.83. The summed E-state index contributed by atoms with van der Waals surface area (Å²) in [5.74, 6) is 0.462. The van der Waals surface area contributed by atoms with Gasteiger partial charge in [0.1, 0.15) is 0 Å². The number of aryl methyl sites for hydroxylation is 1. The molecule has 2 aliphatic carbocycles. The van der Waals surface area contributed by atoms with Crippen LogP contribution in [-0.2, 0) is 11.8 Å². The lowest BCUT2D eigenvalue weighted by atomic mass is 9.80. The minimum atomic E-state index is 0.171. The molecule has 2 unspecified atom stereocenters. The first kappa shape index (κ1) is 21.5. The van der Waals surface area contributed by atoms with Crippen molar-refractivity contribution in [3.05, 3.63) is 82.4 Å². The fraction of sp³-hybridized carbons (Fsp3) is 0.448. The molecule has 0 spiro atoms. The Morgan fingerprint density at radius 1 is 0.867 bits per heavy atom. The first-order valence-corrected chi connectivity index (χ1v) is 12.3. The molecule has 0 nitrogen and oxygen atoms in total. The Balaban J connectivity index is 1.72. The van der Waals surface area contributed by atoms with Crippen molar-refractivity contribution in [1.29, 1.82) is 0 Å². The van der Waals surface area contributed by atoms with Gasteiger partial charge in [-0.25, -0.2) is 0 Å². The van der Waals surface area contributed by atoms with Crippen molar-refractivity contribution in [3.63, 3.8) is 0 Å². The fourth-order valence-corrected chi connectivity index (χ4v) is 5.87. The van der Waals surface area contributed by atoms with E-state index in [1.165, 1.54) is 51.1 Å². The maximum absolute atomic E-state index is 2.55. The van der Waals surface area contributed by atoms with Crippen LogP contribution in [0.25, 0.3) is 5.57 Å². The second-order valence-corrected chi connectivity index (χ2v) is 12.2. The second kappa shape index (κ2) is 7.75. The van der Waals surface area contributed by atoms with Gasteiger partial charge in [0.15, 0.2) is 0 Å². The van der Waals surface area contributed by atoms with E-state index in [-0.39, 0.29) is 10.8 Å². The smallest absolute Gasteiger partial charge is 0.0454 e. The molecule has 0 saturated heterocycles. The Labute approximate surface area is 187 Å². The monoisotopic (exact) mass is 416 g/mol. The summed E-state index contributed by atoms with van der Waals surface area (Å²) >= 11 is 2.04. The third-order valence-corrected chi connectivity index (χ3v) is 7.83. The van der Waals surface area contributed by atoms with E-state index in [1.54, 1.807) is 0 Å². The van der Waals surface area contributed by atoms with E-state index < -0.39 is 0 Å². The predicted molar refractivity (Wildman–Crippen MR) is 133 cm³/mol. The SMILES string of the molecule is CCCc1ccc(SC2C3=CC(C(C)(C)C)=CC2c2ccc(C(C)(C)C)cc23)cc1. The van der Waals surface area contributed by atoms with E-state index in [1.807, 2.05) is 11.8 Å². The highest BCUT2D eigenvalue weighted by Gasteiger charge is 2.40. The zero-order valence-corrected chi connectivity index (χ0v) is 20.5. The van der Waals surface area contributed by atoms with E-state index >= 15 is 0 Å². The van der Waals surface area contributed by atoms with Crippen LogP contribution in [0.1, 0.15) is 83.1 Å². The van der Waals surface area contributed by atoms with Gasteiger partial charge in [-0.15, -0.1) is 11.8 Å². The lowest BCUT2D eigenvalue weighted by molar-refractivity contribution is 0.511. The minimum Gasteiger partial charge on any atom is -0.117 e. The van der Waals surface area contributed by atoms with E-state index in [4.69, 9.17) is 0 Å². The molecule has 2 atom stereocenters. The number of fused-ring (bicyclic) bond motifs is 5. The van der Waals surface area contributed by atoms with Crippen LogP contribution in [0, 0.1) is 5.41 Å². The highest BCUT2D eigenvalue weighted by molar-refractivity contribution is 8.00. The maximum Gasteiger partial charge on any atom is 0.0454 e. The van der Waals surface area contributed by atoms with Gasteiger partial charge in [-0.05, 0) is 62.8 Å². The van der Waals surface area contributed by atoms with E-state index in [0.717, 1.165) is 0 Å². The molecule has 1 heteroatoms. The molecule has 2 aliphatic rings. The normalized spacial score (nSPS) is 20.6. The van der Waals surface area contributed by atoms with Crippen molar-refractivity contribution >= 4 is 17.3 Å². The molecule has 0 amide bonds. The molecule has 0 radical (unpaired) electrons. The number of hydrogen-bond donors (Lipinski definition) is 0. The molecule has 0 aromatic heterocycles. The number of hydrogen-bond acceptors (Lipinski definition) is 1. The average molecular weight is 417 g/mol. The van der Waals surface area contributed by atoms with Gasteiger partial charge in [-0.1, -0.05) is 97.4 Å². The molecule has 2 aromatic carbocycles. The summed E-state index contributed by atoms with van der Waals surface area (Å²) in [6.07, 6.45) is 7.42. The molecule has 4 rings (SSSR count). The summed E-state index contributed by atoms with van der Waals surface area (Å²) < 4.78 is 0. The third-order valence-electron chi connectivity index (χ3n) is 6.48. The Kier molecular flexibility index (Phi) is 5.56. The summed E-state index contributed by atoms with van der Waals surface area (Å²) in [6, 6.07) is 16.5. The molecule has 2 aromatic rings. The van der Waals surface area contributed by atoms with Crippen LogP contribution in [-0.4, -0.2) is 5.25 Å². The van der Waals surface area contributed by atoms with E-state index in [9.17, 15) is 0 Å². The van der Waals surface area contributed by atoms with Crippen LogP contribution >= 0.6 is 11.8 Å². The Morgan fingerprint density at radius 2 is 1.57 bits per heavy atom.